The van der Waals surface area contributed by atoms with Crippen LogP contribution in [-0.2, 0) is 9.47 Å². The zero-order valence-corrected chi connectivity index (χ0v) is 18.8. The summed E-state index contributed by atoms with van der Waals surface area (Å²) in [5.41, 5.74) is 1.80. The largest absolute Gasteiger partial charge is 0.497 e. The lowest BCUT2D eigenvalue weighted by atomic mass is 9.96. The molecule has 5 rings (SSSR count). The molecule has 176 valence electrons. The van der Waals surface area contributed by atoms with Crippen molar-refractivity contribution in [2.24, 2.45) is 0 Å². The van der Waals surface area contributed by atoms with Crippen molar-refractivity contribution in [2.75, 3.05) is 25.6 Å². The number of nitrogens with one attached hydrogen (secondary N) is 3. The fraction of sp³-hybridized carbons (Fsp3) is 0.542. The summed E-state index contributed by atoms with van der Waals surface area (Å²) in [5.74, 6) is 1.32. The highest BCUT2D eigenvalue weighted by atomic mass is 16.6. The maximum atomic E-state index is 12.5. The second-order valence-electron chi connectivity index (χ2n) is 8.90. The van der Waals surface area contributed by atoms with Gasteiger partial charge < -0.3 is 30.2 Å². The summed E-state index contributed by atoms with van der Waals surface area (Å²) < 4.78 is 17.2. The van der Waals surface area contributed by atoms with Crippen LogP contribution in [0.1, 0.15) is 32.1 Å². The molecular formula is C24H31N5O4. The van der Waals surface area contributed by atoms with Gasteiger partial charge in [0.05, 0.1) is 38.1 Å². The number of fused-ring (bicyclic) bond motifs is 1. The third-order valence-corrected chi connectivity index (χ3v) is 6.67. The third kappa shape index (κ3) is 5.04. The Morgan fingerprint density at radius 1 is 0.970 bits per heavy atom. The molecule has 0 bridgehead atoms. The molecule has 1 aromatic heterocycles. The summed E-state index contributed by atoms with van der Waals surface area (Å²) in [6, 6.07) is 9.50. The Morgan fingerprint density at radius 2 is 1.70 bits per heavy atom. The summed E-state index contributed by atoms with van der Waals surface area (Å²) in [7, 11) is 1.65. The average molecular weight is 454 g/mol. The van der Waals surface area contributed by atoms with Crippen molar-refractivity contribution in [2.45, 2.75) is 62.4 Å². The Bertz CT molecular complexity index is 950. The second-order valence-corrected chi connectivity index (χ2v) is 8.90. The highest BCUT2D eigenvalue weighted by Crippen LogP contribution is 2.29. The van der Waals surface area contributed by atoms with Crippen LogP contribution in [0, 0.1) is 0 Å². The molecule has 1 aromatic carbocycles. The van der Waals surface area contributed by atoms with Gasteiger partial charge in [-0.1, -0.05) is 19.3 Å². The summed E-state index contributed by atoms with van der Waals surface area (Å²) in [6.07, 6.45) is 7.10. The summed E-state index contributed by atoms with van der Waals surface area (Å²) in [6.45, 7) is 0.895. The van der Waals surface area contributed by atoms with Gasteiger partial charge in [-0.15, -0.1) is 0 Å². The first-order valence-corrected chi connectivity index (χ1v) is 11.7. The van der Waals surface area contributed by atoms with Gasteiger partial charge in [0.25, 0.3) is 0 Å². The minimum absolute atomic E-state index is 0.0886. The van der Waals surface area contributed by atoms with Gasteiger partial charge in [0.2, 0.25) is 5.95 Å². The average Bonchev–Trinajstić information content (AvgIpc) is 3.43. The molecular weight excluding hydrogens is 422 g/mol. The van der Waals surface area contributed by atoms with E-state index in [0.29, 0.717) is 19.2 Å². The van der Waals surface area contributed by atoms with Crippen LogP contribution in [0.5, 0.6) is 5.75 Å². The molecule has 0 radical (unpaired) electrons. The number of hydrogen-bond donors (Lipinski definition) is 3. The van der Waals surface area contributed by atoms with E-state index in [2.05, 4.69) is 25.9 Å². The van der Waals surface area contributed by atoms with Crippen LogP contribution in [0.2, 0.25) is 0 Å². The van der Waals surface area contributed by atoms with Crippen LogP contribution in [-0.4, -0.2) is 66.7 Å². The number of anilines is 1. The molecule has 0 unspecified atom stereocenters. The van der Waals surface area contributed by atoms with Crippen molar-refractivity contribution in [3.63, 3.8) is 0 Å². The van der Waals surface area contributed by atoms with Crippen molar-refractivity contribution in [1.82, 2.24) is 20.6 Å². The fourth-order valence-electron chi connectivity index (χ4n) is 4.91. The molecule has 9 nitrogen and oxygen atoms in total. The Labute approximate surface area is 193 Å². The number of nitrogens with zero attached hydrogens (tertiary/aromatic N) is 2. The highest BCUT2D eigenvalue weighted by Gasteiger charge is 2.48. The number of benzene rings is 1. The van der Waals surface area contributed by atoms with Gasteiger partial charge in [0.15, 0.2) is 0 Å². The van der Waals surface area contributed by atoms with Crippen molar-refractivity contribution in [3.05, 3.63) is 36.5 Å². The number of methoxy groups -OCH3 is 1. The number of ether oxygens (including phenoxy) is 3. The van der Waals surface area contributed by atoms with E-state index in [4.69, 9.17) is 14.2 Å². The molecule has 9 heteroatoms. The van der Waals surface area contributed by atoms with Gasteiger partial charge in [-0.05, 0) is 43.2 Å². The first-order valence-electron chi connectivity index (χ1n) is 11.7. The first kappa shape index (κ1) is 21.9. The lowest BCUT2D eigenvalue weighted by molar-refractivity contribution is 0.0681. The smallest absolute Gasteiger partial charge is 0.315 e. The van der Waals surface area contributed by atoms with Crippen molar-refractivity contribution in [1.29, 1.82) is 0 Å². The molecule has 0 spiro atoms. The van der Waals surface area contributed by atoms with Crippen LogP contribution in [0.15, 0.2) is 36.5 Å². The van der Waals surface area contributed by atoms with Crippen molar-refractivity contribution in [3.8, 4) is 17.0 Å². The fourth-order valence-corrected chi connectivity index (χ4v) is 4.91. The normalized spacial score (nSPS) is 27.1. The number of urea groups is 1. The minimum Gasteiger partial charge on any atom is -0.497 e. The van der Waals surface area contributed by atoms with E-state index in [-0.39, 0.29) is 36.4 Å². The van der Waals surface area contributed by atoms with E-state index in [1.54, 1.807) is 13.3 Å². The Morgan fingerprint density at radius 3 is 2.45 bits per heavy atom. The predicted molar refractivity (Wildman–Crippen MR) is 123 cm³/mol. The minimum atomic E-state index is -0.190. The SMILES string of the molecule is COc1ccc(-c2ccnc(N[C@H]3CO[C@H]4[C@@H]3OC[C@@H]4NC(=O)NC3CCCCC3)n2)cc1. The van der Waals surface area contributed by atoms with E-state index in [1.807, 2.05) is 30.3 Å². The number of carbonyl (C=O) groups excluding carboxylic acids is 1. The molecule has 3 N–H and O–H groups in total. The quantitative estimate of drug-likeness (QED) is 0.617. The molecule has 1 saturated carbocycles. The lowest BCUT2D eigenvalue weighted by Gasteiger charge is -2.24. The monoisotopic (exact) mass is 453 g/mol. The van der Waals surface area contributed by atoms with Gasteiger partial charge in [0.1, 0.15) is 18.0 Å². The Hall–Kier alpha value is -2.91. The van der Waals surface area contributed by atoms with E-state index < -0.39 is 0 Å². The van der Waals surface area contributed by atoms with Gasteiger partial charge in [-0.25, -0.2) is 14.8 Å². The van der Waals surface area contributed by atoms with Crippen LogP contribution in [0.25, 0.3) is 11.3 Å². The molecule has 3 fully saturated rings. The van der Waals surface area contributed by atoms with Gasteiger partial charge >= 0.3 is 6.03 Å². The zero-order chi connectivity index (χ0) is 22.6. The topological polar surface area (TPSA) is 107 Å². The number of amides is 2. The lowest BCUT2D eigenvalue weighted by Crippen LogP contribution is -2.51. The third-order valence-electron chi connectivity index (χ3n) is 6.67. The maximum Gasteiger partial charge on any atom is 0.315 e. The van der Waals surface area contributed by atoms with Crippen LogP contribution >= 0.6 is 0 Å². The molecule has 1 aliphatic carbocycles. The molecule has 3 aliphatic rings. The summed E-state index contributed by atoms with van der Waals surface area (Å²) in [4.78, 5) is 21.5. The summed E-state index contributed by atoms with van der Waals surface area (Å²) in [5, 5.41) is 9.51. The number of carbonyl (C=O) groups is 1. The number of rotatable bonds is 6. The predicted octanol–water partition coefficient (Wildman–Crippen LogP) is 2.73. The first-order chi connectivity index (χ1) is 16.2. The van der Waals surface area contributed by atoms with Crippen LogP contribution < -0.4 is 20.7 Å². The van der Waals surface area contributed by atoms with Crippen LogP contribution in [0.3, 0.4) is 0 Å². The molecule has 2 aromatic rings. The second kappa shape index (κ2) is 9.93. The van der Waals surface area contributed by atoms with E-state index in [0.717, 1.165) is 29.8 Å². The van der Waals surface area contributed by atoms with Gasteiger partial charge in [-0.3, -0.25) is 0 Å². The maximum absolute atomic E-state index is 12.5. The Kier molecular flexibility index (Phi) is 6.59. The molecule has 4 atom stereocenters. The molecule has 33 heavy (non-hydrogen) atoms. The van der Waals surface area contributed by atoms with Crippen LogP contribution in [0.4, 0.5) is 10.7 Å². The molecule has 3 heterocycles. The highest BCUT2D eigenvalue weighted by molar-refractivity contribution is 5.74. The molecule has 2 amide bonds. The standard InChI is InChI=1S/C24H31N5O4/c1-31-17-9-7-15(8-10-17)18-11-12-25-23(27-18)28-19-13-32-22-20(14-33-21(19)22)29-24(30)26-16-5-3-2-4-6-16/h7-12,16,19-22H,2-6,13-14H2,1H3,(H,25,27,28)(H2,26,29,30)/t19-,20-,21+,22+/m0/s1. The molecule has 2 saturated heterocycles. The Balaban J connectivity index is 1.17. The number of hydrogen-bond acceptors (Lipinski definition) is 7. The number of aromatic nitrogens is 2. The van der Waals surface area contributed by atoms with E-state index >= 15 is 0 Å². The van der Waals surface area contributed by atoms with Gasteiger partial charge in [-0.2, -0.15) is 0 Å². The molecule has 2 aliphatic heterocycles. The van der Waals surface area contributed by atoms with Crippen molar-refractivity contribution >= 4 is 12.0 Å². The van der Waals surface area contributed by atoms with E-state index in [1.165, 1.54) is 19.3 Å². The van der Waals surface area contributed by atoms with E-state index in [9.17, 15) is 4.79 Å². The zero-order valence-electron chi connectivity index (χ0n) is 18.8. The summed E-state index contributed by atoms with van der Waals surface area (Å²) >= 11 is 0. The van der Waals surface area contributed by atoms with Crippen molar-refractivity contribution < 1.29 is 19.0 Å². The van der Waals surface area contributed by atoms with Gasteiger partial charge in [0, 0.05) is 17.8 Å².